The van der Waals surface area contributed by atoms with Gasteiger partial charge in [-0.25, -0.2) is 4.68 Å². The number of aromatic nitrogens is 2. The van der Waals surface area contributed by atoms with Crippen molar-refractivity contribution in [2.45, 2.75) is 39.7 Å². The van der Waals surface area contributed by atoms with E-state index in [-0.39, 0.29) is 23.1 Å². The summed E-state index contributed by atoms with van der Waals surface area (Å²) < 4.78 is 1.75. The molecule has 6 nitrogen and oxygen atoms in total. The number of hydrogen-bond donors (Lipinski definition) is 2. The van der Waals surface area contributed by atoms with E-state index in [2.05, 4.69) is 29.6 Å². The van der Waals surface area contributed by atoms with Crippen LogP contribution in [0.2, 0.25) is 0 Å². The number of carbonyl (C=O) groups is 2. The van der Waals surface area contributed by atoms with Crippen molar-refractivity contribution in [3.63, 3.8) is 0 Å². The van der Waals surface area contributed by atoms with Crippen LogP contribution in [0.4, 0.5) is 11.5 Å². The van der Waals surface area contributed by atoms with Crippen molar-refractivity contribution >= 4 is 28.9 Å². The van der Waals surface area contributed by atoms with Crippen LogP contribution in [0.5, 0.6) is 0 Å². The van der Waals surface area contributed by atoms with E-state index in [1.807, 2.05) is 61.5 Å². The first kappa shape index (κ1) is 20.2. The van der Waals surface area contributed by atoms with Gasteiger partial charge in [0, 0.05) is 17.7 Å². The first-order chi connectivity index (χ1) is 15.3. The lowest BCUT2D eigenvalue weighted by atomic mass is 9.73. The van der Waals surface area contributed by atoms with Gasteiger partial charge in [0.2, 0.25) is 0 Å². The summed E-state index contributed by atoms with van der Waals surface area (Å²) in [5.74, 6) is 0.511. The maximum Gasteiger partial charge on any atom is 0.261 e. The van der Waals surface area contributed by atoms with Crippen LogP contribution in [0.1, 0.15) is 54.2 Å². The summed E-state index contributed by atoms with van der Waals surface area (Å²) in [6.07, 6.45) is 2.79. The minimum atomic E-state index is -0.315. The molecule has 5 rings (SSSR count). The van der Waals surface area contributed by atoms with Crippen molar-refractivity contribution in [1.82, 2.24) is 9.78 Å². The Labute approximate surface area is 187 Å². The largest absolute Gasteiger partial charge is 0.358 e. The molecule has 162 valence electrons. The monoisotopic (exact) mass is 426 g/mol. The fourth-order valence-electron chi connectivity index (χ4n) is 4.62. The van der Waals surface area contributed by atoms with Crippen LogP contribution in [0, 0.1) is 12.3 Å². The SMILES string of the molecule is Cc1ccc(NC(=O)c2cnn3c2NC(c2ccccc2)C2=C3CC(C)(C)CC2=O)cc1. The molecule has 2 N–H and O–H groups in total. The van der Waals surface area contributed by atoms with Crippen molar-refractivity contribution in [3.05, 3.63) is 83.1 Å². The quantitative estimate of drug-likeness (QED) is 0.603. The van der Waals surface area contributed by atoms with Crippen molar-refractivity contribution < 1.29 is 9.59 Å². The van der Waals surface area contributed by atoms with Crippen molar-refractivity contribution in [1.29, 1.82) is 0 Å². The topological polar surface area (TPSA) is 76.0 Å². The average Bonchev–Trinajstić information content (AvgIpc) is 3.19. The van der Waals surface area contributed by atoms with Crippen LogP contribution in [-0.4, -0.2) is 21.5 Å². The molecule has 3 aromatic rings. The molecule has 6 heteroatoms. The van der Waals surface area contributed by atoms with Crippen LogP contribution >= 0.6 is 0 Å². The molecule has 2 aliphatic rings. The number of ketones is 1. The lowest BCUT2D eigenvalue weighted by Gasteiger charge is -2.39. The lowest BCUT2D eigenvalue weighted by molar-refractivity contribution is -0.118. The number of aryl methyl sites for hydroxylation is 1. The molecule has 0 fully saturated rings. The number of hydrogen-bond acceptors (Lipinski definition) is 4. The number of allylic oxidation sites excluding steroid dienone is 1. The summed E-state index contributed by atoms with van der Waals surface area (Å²) in [7, 11) is 0. The predicted octanol–water partition coefficient (Wildman–Crippen LogP) is 5.21. The minimum Gasteiger partial charge on any atom is -0.358 e. The summed E-state index contributed by atoms with van der Waals surface area (Å²) in [6.45, 7) is 6.20. The van der Waals surface area contributed by atoms with Gasteiger partial charge in [0.25, 0.3) is 5.91 Å². The van der Waals surface area contributed by atoms with Gasteiger partial charge < -0.3 is 10.6 Å². The molecule has 2 aromatic carbocycles. The van der Waals surface area contributed by atoms with Crippen LogP contribution < -0.4 is 10.6 Å². The van der Waals surface area contributed by atoms with Gasteiger partial charge in [0.15, 0.2) is 5.78 Å². The highest BCUT2D eigenvalue weighted by atomic mass is 16.1. The fraction of sp³-hybridized carbons (Fsp3) is 0.269. The molecule has 2 heterocycles. The van der Waals surface area contributed by atoms with Crippen LogP contribution in [0.15, 0.2) is 66.4 Å². The van der Waals surface area contributed by atoms with E-state index in [0.717, 1.165) is 28.1 Å². The maximum absolute atomic E-state index is 13.2. The Morgan fingerprint density at radius 1 is 1.09 bits per heavy atom. The number of anilines is 2. The van der Waals surface area contributed by atoms with Crippen molar-refractivity contribution in [2.24, 2.45) is 5.41 Å². The molecule has 1 atom stereocenters. The average molecular weight is 427 g/mol. The number of carbonyl (C=O) groups excluding carboxylic acids is 2. The number of nitrogens with zero attached hydrogens (tertiary/aromatic N) is 2. The molecule has 0 spiro atoms. The third kappa shape index (κ3) is 3.51. The van der Waals surface area contributed by atoms with Crippen LogP contribution in [0.3, 0.4) is 0 Å². The number of benzene rings is 2. The Morgan fingerprint density at radius 3 is 2.53 bits per heavy atom. The molecular weight excluding hydrogens is 400 g/mol. The third-order valence-corrected chi connectivity index (χ3v) is 6.18. The Hall–Kier alpha value is -3.67. The standard InChI is InChI=1S/C26H26N4O2/c1-16-9-11-18(12-10-16)28-25(32)19-15-27-30-20-13-26(2,3)14-21(31)22(20)23(29-24(19)30)17-7-5-4-6-8-17/h4-12,15,23,29H,13-14H2,1-3H3,(H,28,32). The highest BCUT2D eigenvalue weighted by molar-refractivity contribution is 6.10. The van der Waals surface area contributed by atoms with Gasteiger partial charge in [-0.15, -0.1) is 0 Å². The zero-order valence-electron chi connectivity index (χ0n) is 18.5. The molecule has 0 radical (unpaired) electrons. The van der Waals surface area contributed by atoms with Gasteiger partial charge in [-0.3, -0.25) is 9.59 Å². The maximum atomic E-state index is 13.2. The molecule has 1 aliphatic carbocycles. The van der Waals surface area contributed by atoms with E-state index in [4.69, 9.17) is 0 Å². The van der Waals surface area contributed by atoms with Gasteiger partial charge in [-0.2, -0.15) is 5.10 Å². The minimum absolute atomic E-state index is 0.129. The number of rotatable bonds is 3. The molecular formula is C26H26N4O2. The van der Waals surface area contributed by atoms with E-state index in [9.17, 15) is 9.59 Å². The Kier molecular flexibility index (Phi) is 4.73. The van der Waals surface area contributed by atoms with E-state index >= 15 is 0 Å². The molecule has 0 bridgehead atoms. The molecule has 1 aliphatic heterocycles. The third-order valence-electron chi connectivity index (χ3n) is 6.18. The smallest absolute Gasteiger partial charge is 0.261 e. The van der Waals surface area contributed by atoms with Gasteiger partial charge in [0.1, 0.15) is 11.4 Å². The lowest BCUT2D eigenvalue weighted by Crippen LogP contribution is -2.36. The van der Waals surface area contributed by atoms with E-state index in [1.54, 1.807) is 10.9 Å². The number of nitrogens with one attached hydrogen (secondary N) is 2. The normalized spacial score (nSPS) is 19.1. The molecule has 1 unspecified atom stereocenters. The van der Waals surface area contributed by atoms with Gasteiger partial charge in [0.05, 0.1) is 17.9 Å². The second-order valence-electron chi connectivity index (χ2n) is 9.43. The Balaban J connectivity index is 1.58. The number of fused-ring (bicyclic) bond motifs is 2. The second kappa shape index (κ2) is 7.48. The highest BCUT2D eigenvalue weighted by Gasteiger charge is 2.42. The summed E-state index contributed by atoms with van der Waals surface area (Å²) in [4.78, 5) is 26.4. The van der Waals surface area contributed by atoms with Crippen LogP contribution in [-0.2, 0) is 4.79 Å². The Morgan fingerprint density at radius 2 is 1.81 bits per heavy atom. The molecule has 1 amide bonds. The van der Waals surface area contributed by atoms with E-state index < -0.39 is 0 Å². The van der Waals surface area contributed by atoms with Crippen molar-refractivity contribution in [2.75, 3.05) is 10.6 Å². The van der Waals surface area contributed by atoms with Crippen LogP contribution in [0.25, 0.3) is 5.70 Å². The summed E-state index contributed by atoms with van der Waals surface area (Å²) in [6, 6.07) is 17.3. The summed E-state index contributed by atoms with van der Waals surface area (Å²) >= 11 is 0. The van der Waals surface area contributed by atoms with E-state index in [0.29, 0.717) is 24.2 Å². The number of Topliss-reactive ketones (excluding diaryl/α,β-unsaturated/α-hetero) is 1. The highest BCUT2D eigenvalue weighted by Crippen LogP contribution is 2.47. The summed E-state index contributed by atoms with van der Waals surface area (Å²) in [5, 5.41) is 10.9. The summed E-state index contributed by atoms with van der Waals surface area (Å²) in [5.41, 5.74) is 4.76. The molecule has 1 aromatic heterocycles. The van der Waals surface area contributed by atoms with Gasteiger partial charge >= 0.3 is 0 Å². The fourth-order valence-corrected chi connectivity index (χ4v) is 4.62. The number of amides is 1. The second-order valence-corrected chi connectivity index (χ2v) is 9.43. The predicted molar refractivity (Wildman–Crippen MR) is 125 cm³/mol. The molecule has 0 saturated carbocycles. The molecule has 0 saturated heterocycles. The van der Waals surface area contributed by atoms with Gasteiger partial charge in [-0.1, -0.05) is 61.9 Å². The van der Waals surface area contributed by atoms with Gasteiger partial charge in [-0.05, 0) is 36.5 Å². The van der Waals surface area contributed by atoms with E-state index in [1.165, 1.54) is 0 Å². The molecule has 32 heavy (non-hydrogen) atoms. The Bertz CT molecular complexity index is 1240. The first-order valence-electron chi connectivity index (χ1n) is 10.9. The zero-order valence-corrected chi connectivity index (χ0v) is 18.5. The first-order valence-corrected chi connectivity index (χ1v) is 10.9. The zero-order chi connectivity index (χ0) is 22.5. The van der Waals surface area contributed by atoms with Crippen molar-refractivity contribution in [3.8, 4) is 0 Å².